The van der Waals surface area contributed by atoms with E-state index in [1.807, 2.05) is 6.07 Å². The van der Waals surface area contributed by atoms with Crippen LogP contribution in [-0.4, -0.2) is 18.0 Å². The zero-order valence-electron chi connectivity index (χ0n) is 10.2. The molecule has 2 rings (SSSR count). The molecule has 0 saturated heterocycles. The van der Waals surface area contributed by atoms with Crippen molar-refractivity contribution in [2.45, 2.75) is 26.4 Å². The quantitative estimate of drug-likeness (QED) is 0.836. The number of halogens is 1. The SMILES string of the molecule is CC1=CCN(Cc2ccc(CN)cc2Cl)CC1. The summed E-state index contributed by atoms with van der Waals surface area (Å²) in [5.74, 6) is 0. The first-order chi connectivity index (χ1) is 8.19. The number of hydrogen-bond acceptors (Lipinski definition) is 2. The maximum atomic E-state index is 6.26. The van der Waals surface area contributed by atoms with Crippen molar-refractivity contribution in [1.82, 2.24) is 4.90 Å². The zero-order chi connectivity index (χ0) is 12.3. The Hall–Kier alpha value is -0.830. The van der Waals surface area contributed by atoms with E-state index < -0.39 is 0 Å². The number of nitrogens with zero attached hydrogens (tertiary/aromatic N) is 1. The predicted octanol–water partition coefficient (Wildman–Crippen LogP) is 2.95. The van der Waals surface area contributed by atoms with E-state index in [0.29, 0.717) is 6.54 Å². The first kappa shape index (κ1) is 12.6. The van der Waals surface area contributed by atoms with Crippen molar-refractivity contribution in [2.75, 3.05) is 13.1 Å². The van der Waals surface area contributed by atoms with E-state index in [1.54, 1.807) is 0 Å². The lowest BCUT2D eigenvalue weighted by Crippen LogP contribution is -2.28. The average Bonchev–Trinajstić information content (AvgIpc) is 2.34. The zero-order valence-corrected chi connectivity index (χ0v) is 11.0. The summed E-state index contributed by atoms with van der Waals surface area (Å²) in [6, 6.07) is 6.13. The Bertz CT molecular complexity index is 426. The summed E-state index contributed by atoms with van der Waals surface area (Å²) < 4.78 is 0. The maximum absolute atomic E-state index is 6.26. The van der Waals surface area contributed by atoms with Crippen molar-refractivity contribution in [3.63, 3.8) is 0 Å². The number of rotatable bonds is 3. The molecule has 0 aromatic heterocycles. The summed E-state index contributed by atoms with van der Waals surface area (Å²) in [5.41, 5.74) is 9.37. The minimum absolute atomic E-state index is 0.547. The molecule has 0 spiro atoms. The third-order valence-electron chi connectivity index (χ3n) is 3.27. The van der Waals surface area contributed by atoms with E-state index in [2.05, 4.69) is 30.0 Å². The molecule has 0 atom stereocenters. The molecule has 1 aromatic carbocycles. The molecule has 0 amide bonds. The lowest BCUT2D eigenvalue weighted by Gasteiger charge is -2.25. The molecule has 92 valence electrons. The molecule has 3 heteroatoms. The second-order valence-electron chi connectivity index (χ2n) is 4.67. The number of hydrogen-bond donors (Lipinski definition) is 1. The molecule has 0 radical (unpaired) electrons. The highest BCUT2D eigenvalue weighted by molar-refractivity contribution is 6.31. The standard InChI is InChI=1S/C14H19ClN2/c1-11-4-6-17(7-5-11)10-13-3-2-12(9-16)8-14(13)15/h2-4,8H,5-7,9-10,16H2,1H3. The molecule has 1 heterocycles. The fourth-order valence-corrected chi connectivity index (χ4v) is 2.31. The Morgan fingerprint density at radius 1 is 1.41 bits per heavy atom. The van der Waals surface area contributed by atoms with Gasteiger partial charge in [0.05, 0.1) is 0 Å². The van der Waals surface area contributed by atoms with Crippen LogP contribution in [0.3, 0.4) is 0 Å². The second kappa shape index (κ2) is 5.67. The molecule has 0 fully saturated rings. The summed E-state index contributed by atoms with van der Waals surface area (Å²) in [7, 11) is 0. The van der Waals surface area contributed by atoms with Crippen LogP contribution in [0.15, 0.2) is 29.8 Å². The van der Waals surface area contributed by atoms with Crippen molar-refractivity contribution in [2.24, 2.45) is 5.73 Å². The Labute approximate surface area is 108 Å². The lowest BCUT2D eigenvalue weighted by molar-refractivity contribution is 0.286. The van der Waals surface area contributed by atoms with Crippen LogP contribution >= 0.6 is 11.6 Å². The van der Waals surface area contributed by atoms with Gasteiger partial charge in [-0.05, 0) is 30.5 Å². The minimum Gasteiger partial charge on any atom is -0.326 e. The summed E-state index contributed by atoms with van der Waals surface area (Å²) in [5, 5.41) is 0.833. The van der Waals surface area contributed by atoms with Crippen LogP contribution in [0.2, 0.25) is 5.02 Å². The molecule has 2 nitrogen and oxygen atoms in total. The summed E-state index contributed by atoms with van der Waals surface area (Å²) >= 11 is 6.26. The predicted molar refractivity (Wildman–Crippen MR) is 73.0 cm³/mol. The minimum atomic E-state index is 0.547. The van der Waals surface area contributed by atoms with E-state index in [1.165, 1.54) is 17.6 Å². The Morgan fingerprint density at radius 2 is 2.24 bits per heavy atom. The fraction of sp³-hybridized carbons (Fsp3) is 0.429. The summed E-state index contributed by atoms with van der Waals surface area (Å²) in [6.45, 7) is 5.82. The smallest absolute Gasteiger partial charge is 0.0454 e. The molecule has 2 N–H and O–H groups in total. The average molecular weight is 251 g/mol. The van der Waals surface area contributed by atoms with E-state index in [-0.39, 0.29) is 0 Å². The van der Waals surface area contributed by atoms with Crippen molar-refractivity contribution in [1.29, 1.82) is 0 Å². The van der Waals surface area contributed by atoms with Crippen LogP contribution < -0.4 is 5.73 Å². The van der Waals surface area contributed by atoms with Crippen molar-refractivity contribution in [3.8, 4) is 0 Å². The Morgan fingerprint density at radius 3 is 2.82 bits per heavy atom. The normalized spacial score (nSPS) is 17.0. The van der Waals surface area contributed by atoms with E-state index in [9.17, 15) is 0 Å². The number of benzene rings is 1. The van der Waals surface area contributed by atoms with Gasteiger partial charge in [0.1, 0.15) is 0 Å². The van der Waals surface area contributed by atoms with Crippen molar-refractivity contribution in [3.05, 3.63) is 46.0 Å². The molecule has 0 aliphatic carbocycles. The van der Waals surface area contributed by atoms with Crippen molar-refractivity contribution < 1.29 is 0 Å². The van der Waals surface area contributed by atoms with E-state index in [4.69, 9.17) is 17.3 Å². The largest absolute Gasteiger partial charge is 0.326 e. The van der Waals surface area contributed by atoms with Crippen LogP contribution in [0.1, 0.15) is 24.5 Å². The fourth-order valence-electron chi connectivity index (χ4n) is 2.04. The monoisotopic (exact) mass is 250 g/mol. The molecule has 0 saturated carbocycles. The van der Waals surface area contributed by atoms with Gasteiger partial charge in [-0.25, -0.2) is 0 Å². The van der Waals surface area contributed by atoms with Gasteiger partial charge in [0.2, 0.25) is 0 Å². The molecular weight excluding hydrogens is 232 g/mol. The molecule has 0 unspecified atom stereocenters. The van der Waals surface area contributed by atoms with E-state index in [0.717, 1.165) is 30.2 Å². The van der Waals surface area contributed by atoms with E-state index >= 15 is 0 Å². The van der Waals surface area contributed by atoms with Gasteiger partial charge >= 0.3 is 0 Å². The summed E-state index contributed by atoms with van der Waals surface area (Å²) in [6.07, 6.45) is 3.46. The van der Waals surface area contributed by atoms with Gasteiger partial charge in [-0.3, -0.25) is 4.90 Å². The van der Waals surface area contributed by atoms with Gasteiger partial charge in [0.15, 0.2) is 0 Å². The van der Waals surface area contributed by atoms with Gasteiger partial charge in [-0.2, -0.15) is 0 Å². The van der Waals surface area contributed by atoms with Gasteiger partial charge in [0.25, 0.3) is 0 Å². The van der Waals surface area contributed by atoms with Gasteiger partial charge in [0, 0.05) is 31.2 Å². The summed E-state index contributed by atoms with van der Waals surface area (Å²) in [4.78, 5) is 2.41. The highest BCUT2D eigenvalue weighted by Gasteiger charge is 2.11. The molecule has 1 aliphatic rings. The first-order valence-corrected chi connectivity index (χ1v) is 6.42. The molecule has 17 heavy (non-hydrogen) atoms. The van der Waals surface area contributed by atoms with Crippen molar-refractivity contribution >= 4 is 11.6 Å². The third kappa shape index (κ3) is 3.32. The van der Waals surface area contributed by atoms with Crippen LogP contribution in [0.4, 0.5) is 0 Å². The number of nitrogens with two attached hydrogens (primary N) is 1. The Balaban J connectivity index is 2.04. The maximum Gasteiger partial charge on any atom is 0.0454 e. The van der Waals surface area contributed by atoms with Gasteiger partial charge < -0.3 is 5.73 Å². The van der Waals surface area contributed by atoms with Crippen LogP contribution in [0.5, 0.6) is 0 Å². The highest BCUT2D eigenvalue weighted by atomic mass is 35.5. The van der Waals surface area contributed by atoms with Crippen LogP contribution in [0, 0.1) is 0 Å². The lowest BCUT2D eigenvalue weighted by atomic mass is 10.1. The van der Waals surface area contributed by atoms with Crippen LogP contribution in [-0.2, 0) is 13.1 Å². The second-order valence-corrected chi connectivity index (χ2v) is 5.07. The van der Waals surface area contributed by atoms with Gasteiger partial charge in [-0.15, -0.1) is 0 Å². The van der Waals surface area contributed by atoms with Crippen LogP contribution in [0.25, 0.3) is 0 Å². The third-order valence-corrected chi connectivity index (χ3v) is 3.62. The van der Waals surface area contributed by atoms with Gasteiger partial charge in [-0.1, -0.05) is 35.4 Å². The first-order valence-electron chi connectivity index (χ1n) is 6.04. The molecule has 0 bridgehead atoms. The molecule has 1 aromatic rings. The Kier molecular flexibility index (Phi) is 4.21. The topological polar surface area (TPSA) is 29.3 Å². The highest BCUT2D eigenvalue weighted by Crippen LogP contribution is 2.21. The molecular formula is C14H19ClN2. The molecule has 1 aliphatic heterocycles.